The van der Waals surface area contributed by atoms with Gasteiger partial charge >= 0.3 is 0 Å². The van der Waals surface area contributed by atoms with Crippen LogP contribution in [0.3, 0.4) is 0 Å². The van der Waals surface area contributed by atoms with Crippen LogP contribution in [0, 0.1) is 6.92 Å². The maximum atomic E-state index is 13.1. The summed E-state index contributed by atoms with van der Waals surface area (Å²) in [7, 11) is 0. The molecule has 2 atom stereocenters. The van der Waals surface area contributed by atoms with Gasteiger partial charge in [0.05, 0.1) is 24.2 Å². The number of aromatic nitrogens is 5. The summed E-state index contributed by atoms with van der Waals surface area (Å²) in [5.74, 6) is 0.882. The summed E-state index contributed by atoms with van der Waals surface area (Å²) >= 11 is 0. The molecule has 8 heteroatoms. The van der Waals surface area contributed by atoms with Gasteiger partial charge in [0.25, 0.3) is 5.56 Å². The molecule has 1 aromatic carbocycles. The first-order valence-electron chi connectivity index (χ1n) is 12.4. The molecule has 33 heavy (non-hydrogen) atoms. The van der Waals surface area contributed by atoms with Crippen molar-refractivity contribution in [2.75, 3.05) is 6.61 Å². The quantitative estimate of drug-likeness (QED) is 0.560. The van der Waals surface area contributed by atoms with Crippen molar-refractivity contribution in [3.63, 3.8) is 0 Å². The van der Waals surface area contributed by atoms with Crippen LogP contribution in [-0.4, -0.2) is 48.8 Å². The van der Waals surface area contributed by atoms with Crippen LogP contribution in [0.1, 0.15) is 74.9 Å². The van der Waals surface area contributed by atoms with E-state index in [1.54, 1.807) is 0 Å². The summed E-state index contributed by atoms with van der Waals surface area (Å²) in [5, 5.41) is 13.9. The van der Waals surface area contributed by atoms with Crippen LogP contribution >= 0.6 is 0 Å². The molecule has 2 fully saturated rings. The molecule has 1 aliphatic carbocycles. The summed E-state index contributed by atoms with van der Waals surface area (Å²) in [5.41, 5.74) is 2.81. The molecule has 0 spiro atoms. The van der Waals surface area contributed by atoms with Crippen LogP contribution < -0.4 is 5.56 Å². The van der Waals surface area contributed by atoms with Crippen LogP contribution in [0.15, 0.2) is 29.1 Å². The Hall–Kier alpha value is -2.58. The van der Waals surface area contributed by atoms with E-state index in [-0.39, 0.29) is 17.7 Å². The van der Waals surface area contributed by atoms with Gasteiger partial charge in [-0.1, -0.05) is 38.0 Å². The number of nitrogens with one attached hydrogen (secondary N) is 1. The lowest BCUT2D eigenvalue weighted by atomic mass is 10.0. The number of tetrazole rings is 1. The van der Waals surface area contributed by atoms with E-state index in [2.05, 4.69) is 44.5 Å². The molecule has 0 bridgehead atoms. The van der Waals surface area contributed by atoms with Crippen molar-refractivity contribution in [2.45, 2.75) is 90.1 Å². The predicted octanol–water partition coefficient (Wildman–Crippen LogP) is 3.90. The van der Waals surface area contributed by atoms with Crippen molar-refractivity contribution in [1.29, 1.82) is 0 Å². The number of aromatic amines is 1. The molecule has 1 saturated heterocycles. The van der Waals surface area contributed by atoms with E-state index in [9.17, 15) is 4.79 Å². The highest BCUT2D eigenvalue weighted by atomic mass is 16.5. The first-order valence-corrected chi connectivity index (χ1v) is 12.4. The van der Waals surface area contributed by atoms with E-state index in [0.717, 1.165) is 66.6 Å². The number of rotatable bonds is 8. The minimum atomic E-state index is -0.00593. The number of hydrogen-bond donors (Lipinski definition) is 1. The van der Waals surface area contributed by atoms with Gasteiger partial charge in [0, 0.05) is 24.8 Å². The van der Waals surface area contributed by atoms with E-state index >= 15 is 0 Å². The second-order valence-electron chi connectivity index (χ2n) is 9.55. The van der Waals surface area contributed by atoms with Crippen LogP contribution in [-0.2, 0) is 17.8 Å². The van der Waals surface area contributed by atoms with Gasteiger partial charge in [-0.05, 0) is 66.5 Å². The monoisotopic (exact) mass is 450 g/mol. The van der Waals surface area contributed by atoms with Crippen molar-refractivity contribution in [1.82, 2.24) is 30.1 Å². The zero-order valence-electron chi connectivity index (χ0n) is 19.7. The fourth-order valence-electron chi connectivity index (χ4n) is 5.60. The fourth-order valence-corrected chi connectivity index (χ4v) is 5.60. The van der Waals surface area contributed by atoms with Crippen LogP contribution in [0.25, 0.3) is 10.9 Å². The fraction of sp³-hybridized carbons (Fsp3) is 0.600. The SMILES string of the molecule is CC[C@@H](c1nnnn1C[C@H]1CCCO1)N(Cc1cc2cccc(C)c2[nH]c1=O)C1CCCC1. The van der Waals surface area contributed by atoms with Crippen LogP contribution in [0.5, 0.6) is 0 Å². The molecular formula is C25H34N6O2. The summed E-state index contributed by atoms with van der Waals surface area (Å²) < 4.78 is 7.77. The summed E-state index contributed by atoms with van der Waals surface area (Å²) in [4.78, 5) is 18.7. The van der Waals surface area contributed by atoms with E-state index in [1.807, 2.05) is 23.7 Å². The number of H-pyrrole nitrogens is 1. The van der Waals surface area contributed by atoms with Gasteiger partial charge in [-0.3, -0.25) is 9.69 Å². The molecule has 3 heterocycles. The smallest absolute Gasteiger partial charge is 0.252 e. The van der Waals surface area contributed by atoms with Crippen LogP contribution in [0.2, 0.25) is 0 Å². The van der Waals surface area contributed by atoms with Gasteiger partial charge in [-0.25, -0.2) is 4.68 Å². The Kier molecular flexibility index (Phi) is 6.55. The number of hydrogen-bond acceptors (Lipinski definition) is 6. The summed E-state index contributed by atoms with van der Waals surface area (Å²) in [6.45, 7) is 6.32. The van der Waals surface area contributed by atoms with Gasteiger partial charge in [-0.15, -0.1) is 5.10 Å². The summed E-state index contributed by atoms with van der Waals surface area (Å²) in [6.07, 6.45) is 7.95. The molecule has 0 amide bonds. The molecule has 2 aromatic heterocycles. The highest BCUT2D eigenvalue weighted by molar-refractivity contribution is 5.81. The molecule has 176 valence electrons. The standard InChI is InChI=1S/C25H34N6O2/c1-3-22(24-27-28-29-31(24)16-21-12-7-13-33-21)30(20-10-4-5-11-20)15-19-14-18-9-6-8-17(2)23(18)26-25(19)32/h6,8-9,14,20-22H,3-5,7,10-13,15-16H2,1-2H3,(H,26,32)/t21-,22+/m1/s1. The third-order valence-corrected chi connectivity index (χ3v) is 7.36. The summed E-state index contributed by atoms with van der Waals surface area (Å²) in [6, 6.07) is 8.69. The second kappa shape index (κ2) is 9.73. The van der Waals surface area contributed by atoms with E-state index in [1.165, 1.54) is 12.8 Å². The number of ether oxygens (including phenoxy) is 1. The Morgan fingerprint density at radius 3 is 2.85 bits per heavy atom. The largest absolute Gasteiger partial charge is 0.376 e. The lowest BCUT2D eigenvalue weighted by Gasteiger charge is -2.35. The molecule has 1 aliphatic heterocycles. The molecule has 8 nitrogen and oxygen atoms in total. The first-order chi connectivity index (χ1) is 16.1. The van der Waals surface area contributed by atoms with Crippen molar-refractivity contribution in [3.8, 4) is 0 Å². The molecule has 0 radical (unpaired) electrons. The molecule has 0 unspecified atom stereocenters. The van der Waals surface area contributed by atoms with Crippen molar-refractivity contribution in [3.05, 3.63) is 51.6 Å². The molecular weight excluding hydrogens is 416 g/mol. The lowest BCUT2D eigenvalue weighted by molar-refractivity contribution is 0.0839. The minimum absolute atomic E-state index is 0.00593. The highest BCUT2D eigenvalue weighted by Gasteiger charge is 2.33. The number of fused-ring (bicyclic) bond motifs is 1. The van der Waals surface area contributed by atoms with E-state index in [4.69, 9.17) is 4.74 Å². The maximum absolute atomic E-state index is 13.1. The molecule has 1 N–H and O–H groups in total. The van der Waals surface area contributed by atoms with Gasteiger partial charge in [0.2, 0.25) is 0 Å². The normalized spacial score (nSPS) is 20.3. The van der Waals surface area contributed by atoms with Crippen molar-refractivity contribution < 1.29 is 4.74 Å². The topological polar surface area (TPSA) is 88.9 Å². The number of nitrogens with zero attached hydrogens (tertiary/aromatic N) is 5. The third-order valence-electron chi connectivity index (χ3n) is 7.36. The predicted molar refractivity (Wildman–Crippen MR) is 127 cm³/mol. The maximum Gasteiger partial charge on any atom is 0.252 e. The molecule has 5 rings (SSSR count). The molecule has 1 saturated carbocycles. The Balaban J connectivity index is 1.48. The first kappa shape index (κ1) is 22.2. The Morgan fingerprint density at radius 1 is 1.24 bits per heavy atom. The third kappa shape index (κ3) is 4.59. The van der Waals surface area contributed by atoms with E-state index in [0.29, 0.717) is 19.1 Å². The van der Waals surface area contributed by atoms with Crippen molar-refractivity contribution >= 4 is 10.9 Å². The zero-order chi connectivity index (χ0) is 22.8. The number of para-hydroxylation sites is 1. The molecule has 3 aromatic rings. The number of aryl methyl sites for hydroxylation is 1. The lowest BCUT2D eigenvalue weighted by Crippen LogP contribution is -2.39. The zero-order valence-corrected chi connectivity index (χ0v) is 19.7. The average Bonchev–Trinajstić information content (AvgIpc) is 3.59. The Morgan fingerprint density at radius 2 is 2.09 bits per heavy atom. The average molecular weight is 451 g/mol. The van der Waals surface area contributed by atoms with Gasteiger partial charge in [-0.2, -0.15) is 0 Å². The Labute approximate surface area is 194 Å². The van der Waals surface area contributed by atoms with E-state index < -0.39 is 0 Å². The Bertz CT molecular complexity index is 1140. The molecule has 2 aliphatic rings. The van der Waals surface area contributed by atoms with Crippen molar-refractivity contribution in [2.24, 2.45) is 0 Å². The minimum Gasteiger partial charge on any atom is -0.376 e. The van der Waals surface area contributed by atoms with Crippen LogP contribution in [0.4, 0.5) is 0 Å². The second-order valence-corrected chi connectivity index (χ2v) is 9.55. The van der Waals surface area contributed by atoms with Gasteiger partial charge < -0.3 is 9.72 Å². The highest BCUT2D eigenvalue weighted by Crippen LogP contribution is 2.34. The van der Waals surface area contributed by atoms with Gasteiger partial charge in [0.15, 0.2) is 5.82 Å². The van der Waals surface area contributed by atoms with Gasteiger partial charge in [0.1, 0.15) is 0 Å². The number of benzene rings is 1. The number of pyridine rings is 1.